The van der Waals surface area contributed by atoms with Crippen molar-refractivity contribution in [3.05, 3.63) is 47.0 Å². The van der Waals surface area contributed by atoms with Crippen LogP contribution in [0.2, 0.25) is 5.02 Å². The molecule has 2 rings (SSSR count). The van der Waals surface area contributed by atoms with E-state index in [1.165, 1.54) is 19.2 Å². The lowest BCUT2D eigenvalue weighted by Gasteiger charge is -2.22. The van der Waals surface area contributed by atoms with Gasteiger partial charge in [0.15, 0.2) is 11.5 Å². The Morgan fingerprint density at radius 1 is 1.03 bits per heavy atom. The zero-order chi connectivity index (χ0) is 23.0. The smallest absolute Gasteiger partial charge is 0.241 e. The molecule has 10 heteroatoms. The van der Waals surface area contributed by atoms with Crippen LogP contribution in [0.15, 0.2) is 36.4 Å². The Bertz CT molecular complexity index is 1010. The second-order valence-corrected chi connectivity index (χ2v) is 8.83. The Balaban J connectivity index is 2.12. The summed E-state index contributed by atoms with van der Waals surface area (Å²) in [5, 5.41) is 2.97. The average Bonchev–Trinajstić information content (AvgIpc) is 2.71. The normalized spacial score (nSPS) is 11.0. The molecular formula is C21H27ClN2O6S. The van der Waals surface area contributed by atoms with Crippen LogP contribution in [0.1, 0.15) is 19.4 Å². The summed E-state index contributed by atoms with van der Waals surface area (Å²) in [5.41, 5.74) is 1.06. The summed E-state index contributed by atoms with van der Waals surface area (Å²) in [7, 11) is -2.26. The fourth-order valence-electron chi connectivity index (χ4n) is 2.80. The van der Waals surface area contributed by atoms with E-state index in [9.17, 15) is 13.2 Å². The summed E-state index contributed by atoms with van der Waals surface area (Å²) < 4.78 is 41.7. The van der Waals surface area contributed by atoms with E-state index in [0.29, 0.717) is 30.5 Å². The zero-order valence-electron chi connectivity index (χ0n) is 18.0. The molecule has 31 heavy (non-hydrogen) atoms. The van der Waals surface area contributed by atoms with Gasteiger partial charge in [-0.1, -0.05) is 17.7 Å². The molecule has 0 spiro atoms. The zero-order valence-corrected chi connectivity index (χ0v) is 19.5. The van der Waals surface area contributed by atoms with Crippen LogP contribution in [0.25, 0.3) is 0 Å². The number of rotatable bonds is 11. The van der Waals surface area contributed by atoms with Gasteiger partial charge in [0, 0.05) is 6.54 Å². The van der Waals surface area contributed by atoms with Gasteiger partial charge in [0.25, 0.3) is 0 Å². The van der Waals surface area contributed by atoms with Crippen molar-refractivity contribution in [2.24, 2.45) is 0 Å². The highest BCUT2D eigenvalue weighted by atomic mass is 35.5. The molecule has 1 N–H and O–H groups in total. The second kappa shape index (κ2) is 11.1. The predicted octanol–water partition coefficient (Wildman–Crippen LogP) is 3.23. The highest BCUT2D eigenvalue weighted by Crippen LogP contribution is 2.30. The van der Waals surface area contributed by atoms with E-state index < -0.39 is 22.5 Å². The number of nitrogens with zero attached hydrogens (tertiary/aromatic N) is 1. The number of halogens is 1. The minimum Gasteiger partial charge on any atom is -0.495 e. The first-order chi connectivity index (χ1) is 14.7. The van der Waals surface area contributed by atoms with Gasteiger partial charge >= 0.3 is 0 Å². The van der Waals surface area contributed by atoms with E-state index in [-0.39, 0.29) is 17.3 Å². The number of hydrogen-bond donors (Lipinski definition) is 1. The van der Waals surface area contributed by atoms with E-state index in [4.69, 9.17) is 25.8 Å². The van der Waals surface area contributed by atoms with Crippen LogP contribution in [0.4, 0.5) is 5.69 Å². The van der Waals surface area contributed by atoms with Gasteiger partial charge in [-0.25, -0.2) is 8.42 Å². The third-order valence-electron chi connectivity index (χ3n) is 4.21. The quantitative estimate of drug-likeness (QED) is 0.542. The molecule has 2 aromatic carbocycles. The molecule has 0 radical (unpaired) electrons. The maximum absolute atomic E-state index is 12.5. The van der Waals surface area contributed by atoms with Gasteiger partial charge in [0.1, 0.15) is 12.3 Å². The number of anilines is 1. The minimum atomic E-state index is -3.72. The lowest BCUT2D eigenvalue weighted by molar-refractivity contribution is -0.119. The molecule has 0 aliphatic carbocycles. The molecule has 0 aliphatic rings. The predicted molar refractivity (Wildman–Crippen MR) is 121 cm³/mol. The van der Waals surface area contributed by atoms with Crippen molar-refractivity contribution in [3.63, 3.8) is 0 Å². The molecule has 0 saturated heterocycles. The van der Waals surface area contributed by atoms with Gasteiger partial charge < -0.3 is 19.5 Å². The Hall–Kier alpha value is -2.65. The number of sulfonamides is 1. The van der Waals surface area contributed by atoms with Crippen LogP contribution in [0, 0.1) is 0 Å². The van der Waals surface area contributed by atoms with E-state index in [1.807, 2.05) is 19.9 Å². The van der Waals surface area contributed by atoms with Crippen LogP contribution < -0.4 is 23.8 Å². The Morgan fingerprint density at radius 2 is 1.68 bits per heavy atom. The van der Waals surface area contributed by atoms with Crippen molar-refractivity contribution >= 4 is 33.2 Å². The summed E-state index contributed by atoms with van der Waals surface area (Å²) in [6, 6.07) is 9.88. The van der Waals surface area contributed by atoms with Crippen molar-refractivity contribution in [2.45, 2.75) is 20.4 Å². The summed E-state index contributed by atoms with van der Waals surface area (Å²) in [5.74, 6) is 1.15. The molecule has 2 aromatic rings. The number of carbonyl (C=O) groups is 1. The minimum absolute atomic E-state index is 0.201. The number of nitrogens with one attached hydrogen (secondary N) is 1. The summed E-state index contributed by atoms with van der Waals surface area (Å²) in [6.07, 6.45) is 1.03. The van der Waals surface area contributed by atoms with Gasteiger partial charge in [-0.3, -0.25) is 9.10 Å². The van der Waals surface area contributed by atoms with Crippen molar-refractivity contribution in [3.8, 4) is 17.2 Å². The number of methoxy groups -OCH3 is 1. The maximum atomic E-state index is 12.5. The standard InChI is InChI=1S/C21H27ClN2O6S/c1-5-29-19-9-7-15(11-20(19)30-6-2)13-23-21(25)14-24(31(4,26)27)16-8-10-18(28-3)17(22)12-16/h7-12H,5-6,13-14H2,1-4H3,(H,23,25). The van der Waals surface area contributed by atoms with Gasteiger partial charge in [-0.15, -0.1) is 0 Å². The first kappa shape index (κ1) is 24.6. The van der Waals surface area contributed by atoms with Crippen molar-refractivity contribution < 1.29 is 27.4 Å². The topological polar surface area (TPSA) is 94.2 Å². The molecule has 8 nitrogen and oxygen atoms in total. The Kier molecular flexibility index (Phi) is 8.82. The highest BCUT2D eigenvalue weighted by Gasteiger charge is 2.22. The van der Waals surface area contributed by atoms with Crippen molar-refractivity contribution in [1.29, 1.82) is 0 Å². The molecule has 0 heterocycles. The first-order valence-electron chi connectivity index (χ1n) is 9.66. The van der Waals surface area contributed by atoms with Crippen LogP contribution in [-0.4, -0.2) is 47.4 Å². The Morgan fingerprint density at radius 3 is 2.26 bits per heavy atom. The van der Waals surface area contributed by atoms with E-state index >= 15 is 0 Å². The molecule has 0 aliphatic heterocycles. The number of benzene rings is 2. The highest BCUT2D eigenvalue weighted by molar-refractivity contribution is 7.92. The Labute approximate surface area is 188 Å². The second-order valence-electron chi connectivity index (χ2n) is 6.51. The fourth-order valence-corrected chi connectivity index (χ4v) is 3.90. The molecular weight excluding hydrogens is 444 g/mol. The molecule has 0 unspecified atom stereocenters. The molecule has 0 saturated carbocycles. The lowest BCUT2D eigenvalue weighted by Crippen LogP contribution is -2.40. The third kappa shape index (κ3) is 6.93. The number of hydrogen-bond acceptors (Lipinski definition) is 6. The molecule has 1 amide bonds. The molecule has 0 aromatic heterocycles. The lowest BCUT2D eigenvalue weighted by atomic mass is 10.2. The van der Waals surface area contributed by atoms with Gasteiger partial charge in [0.05, 0.1) is 37.3 Å². The van der Waals surface area contributed by atoms with Gasteiger partial charge in [-0.2, -0.15) is 0 Å². The molecule has 170 valence electrons. The number of amides is 1. The monoisotopic (exact) mass is 470 g/mol. The summed E-state index contributed by atoms with van der Waals surface area (Å²) in [6.45, 7) is 4.54. The maximum Gasteiger partial charge on any atom is 0.241 e. The molecule has 0 fully saturated rings. The van der Waals surface area contributed by atoms with E-state index in [2.05, 4.69) is 5.32 Å². The van der Waals surface area contributed by atoms with Crippen LogP contribution in [0.5, 0.6) is 17.2 Å². The van der Waals surface area contributed by atoms with Crippen LogP contribution in [0.3, 0.4) is 0 Å². The number of carbonyl (C=O) groups excluding carboxylic acids is 1. The van der Waals surface area contributed by atoms with Crippen LogP contribution >= 0.6 is 11.6 Å². The van der Waals surface area contributed by atoms with Gasteiger partial charge in [0.2, 0.25) is 15.9 Å². The number of ether oxygens (including phenoxy) is 3. The van der Waals surface area contributed by atoms with Gasteiger partial charge in [-0.05, 0) is 49.7 Å². The fraction of sp³-hybridized carbons (Fsp3) is 0.381. The summed E-state index contributed by atoms with van der Waals surface area (Å²) in [4.78, 5) is 12.5. The third-order valence-corrected chi connectivity index (χ3v) is 5.64. The van der Waals surface area contributed by atoms with Crippen molar-refractivity contribution in [2.75, 3.05) is 37.4 Å². The average molecular weight is 471 g/mol. The molecule has 0 atom stereocenters. The first-order valence-corrected chi connectivity index (χ1v) is 11.9. The van der Waals surface area contributed by atoms with E-state index in [1.54, 1.807) is 18.2 Å². The molecule has 0 bridgehead atoms. The van der Waals surface area contributed by atoms with E-state index in [0.717, 1.165) is 16.1 Å². The SMILES string of the molecule is CCOc1ccc(CNC(=O)CN(c2ccc(OC)c(Cl)c2)S(C)(=O)=O)cc1OCC. The van der Waals surface area contributed by atoms with Crippen molar-refractivity contribution in [1.82, 2.24) is 5.32 Å². The summed E-state index contributed by atoms with van der Waals surface area (Å²) >= 11 is 6.11. The largest absolute Gasteiger partial charge is 0.495 e. The van der Waals surface area contributed by atoms with Crippen LogP contribution in [-0.2, 0) is 21.4 Å².